The van der Waals surface area contributed by atoms with Crippen LogP contribution in [0, 0.1) is 0 Å². The summed E-state index contributed by atoms with van der Waals surface area (Å²) in [6.07, 6.45) is 1.87. The van der Waals surface area contributed by atoms with Crippen molar-refractivity contribution in [2.45, 2.75) is 26.8 Å². The van der Waals surface area contributed by atoms with Crippen LogP contribution in [0.5, 0.6) is 11.5 Å². The molecule has 4 aromatic carbocycles. The number of nitrogens with zero attached hydrogens (tertiary/aromatic N) is 2. The third kappa shape index (κ3) is 4.58. The van der Waals surface area contributed by atoms with Crippen LogP contribution in [0.25, 0.3) is 27.6 Å². The van der Waals surface area contributed by atoms with Gasteiger partial charge in [-0.3, -0.25) is 9.36 Å². The van der Waals surface area contributed by atoms with Gasteiger partial charge in [0.25, 0.3) is 5.56 Å². The van der Waals surface area contributed by atoms with Gasteiger partial charge in [-0.15, -0.1) is 0 Å². The number of carbonyl (C=O) groups excluding carboxylic acids is 1. The largest absolute Gasteiger partial charge is 0.496 e. The number of esters is 1. The second kappa shape index (κ2) is 11.3. The zero-order chi connectivity index (χ0) is 29.4. The molecule has 0 saturated carbocycles. The third-order valence-corrected chi connectivity index (χ3v) is 8.43. The van der Waals surface area contributed by atoms with Gasteiger partial charge in [0.1, 0.15) is 17.5 Å². The molecule has 0 spiro atoms. The third-order valence-electron chi connectivity index (χ3n) is 7.45. The number of methoxy groups -OCH3 is 1. The number of carbonyl (C=O) groups is 1. The number of rotatable bonds is 7. The van der Waals surface area contributed by atoms with Gasteiger partial charge >= 0.3 is 5.97 Å². The molecular formula is C34H30N2O5S. The maximum atomic E-state index is 14.4. The van der Waals surface area contributed by atoms with Gasteiger partial charge in [-0.25, -0.2) is 9.79 Å². The highest BCUT2D eigenvalue weighted by atomic mass is 32.1. The van der Waals surface area contributed by atoms with E-state index in [2.05, 4.69) is 0 Å². The van der Waals surface area contributed by atoms with E-state index in [-0.39, 0.29) is 12.2 Å². The van der Waals surface area contributed by atoms with E-state index in [0.29, 0.717) is 44.3 Å². The van der Waals surface area contributed by atoms with Gasteiger partial charge in [0.2, 0.25) is 0 Å². The van der Waals surface area contributed by atoms with Crippen molar-refractivity contribution in [2.24, 2.45) is 4.99 Å². The van der Waals surface area contributed by atoms with Gasteiger partial charge in [-0.2, -0.15) is 0 Å². The topological polar surface area (TPSA) is 79.1 Å². The summed E-state index contributed by atoms with van der Waals surface area (Å²) in [5, 5.41) is 3.86. The van der Waals surface area contributed by atoms with Crippen molar-refractivity contribution in [3.63, 3.8) is 0 Å². The fraction of sp³-hybridized carbons (Fsp3) is 0.206. The first-order chi connectivity index (χ1) is 20.5. The zero-order valence-corrected chi connectivity index (χ0v) is 24.7. The molecule has 0 saturated heterocycles. The Morgan fingerprint density at radius 3 is 2.29 bits per heavy atom. The zero-order valence-electron chi connectivity index (χ0n) is 23.8. The summed E-state index contributed by atoms with van der Waals surface area (Å²) < 4.78 is 19.4. The average Bonchev–Trinajstić information content (AvgIpc) is 3.31. The Balaban J connectivity index is 1.68. The number of fused-ring (bicyclic) bond motifs is 3. The molecule has 212 valence electrons. The first kappa shape index (κ1) is 27.5. The molecule has 0 aliphatic carbocycles. The Morgan fingerprint density at radius 2 is 1.60 bits per heavy atom. The number of hydrogen-bond donors (Lipinski definition) is 0. The smallest absolute Gasteiger partial charge is 0.338 e. The van der Waals surface area contributed by atoms with Crippen molar-refractivity contribution in [1.29, 1.82) is 0 Å². The molecule has 2 heterocycles. The van der Waals surface area contributed by atoms with Crippen LogP contribution in [0.3, 0.4) is 0 Å². The van der Waals surface area contributed by atoms with Gasteiger partial charge in [0.05, 0.1) is 36.1 Å². The van der Waals surface area contributed by atoms with E-state index in [9.17, 15) is 9.59 Å². The lowest BCUT2D eigenvalue weighted by molar-refractivity contribution is -0.139. The second-order valence-corrected chi connectivity index (χ2v) is 10.8. The fourth-order valence-corrected chi connectivity index (χ4v) is 6.67. The van der Waals surface area contributed by atoms with Crippen LogP contribution in [0.2, 0.25) is 0 Å². The maximum Gasteiger partial charge on any atom is 0.338 e. The number of ether oxygens (including phenoxy) is 3. The van der Waals surface area contributed by atoms with E-state index in [1.165, 1.54) is 11.3 Å². The molecule has 0 amide bonds. The molecule has 1 aliphatic rings. The van der Waals surface area contributed by atoms with Crippen molar-refractivity contribution in [3.05, 3.63) is 115 Å². The van der Waals surface area contributed by atoms with Gasteiger partial charge in [-0.05, 0) is 60.5 Å². The predicted octanol–water partition coefficient (Wildman–Crippen LogP) is 5.51. The molecule has 1 aromatic heterocycles. The molecule has 1 aliphatic heterocycles. The molecule has 5 aromatic rings. The molecule has 42 heavy (non-hydrogen) atoms. The quantitative estimate of drug-likeness (QED) is 0.238. The van der Waals surface area contributed by atoms with E-state index >= 15 is 0 Å². The van der Waals surface area contributed by atoms with Crippen LogP contribution in [0.1, 0.15) is 37.9 Å². The van der Waals surface area contributed by atoms with E-state index in [4.69, 9.17) is 19.2 Å². The molecule has 8 heteroatoms. The Hall–Kier alpha value is -4.69. The number of hydrogen-bond acceptors (Lipinski definition) is 7. The van der Waals surface area contributed by atoms with E-state index in [1.807, 2.05) is 85.8 Å². The minimum Gasteiger partial charge on any atom is -0.496 e. The minimum absolute atomic E-state index is 0.195. The van der Waals surface area contributed by atoms with Gasteiger partial charge in [-0.1, -0.05) is 72.0 Å². The summed E-state index contributed by atoms with van der Waals surface area (Å²) in [5.74, 6) is 0.746. The first-order valence-electron chi connectivity index (χ1n) is 13.9. The van der Waals surface area contributed by atoms with E-state index in [0.717, 1.165) is 27.1 Å². The Bertz CT molecular complexity index is 2070. The van der Waals surface area contributed by atoms with Crippen LogP contribution < -0.4 is 24.4 Å². The lowest BCUT2D eigenvalue weighted by atomic mass is 9.90. The summed E-state index contributed by atoms with van der Waals surface area (Å²) in [4.78, 5) is 33.1. The number of benzene rings is 4. The normalized spacial score (nSPS) is 15.0. The highest BCUT2D eigenvalue weighted by Gasteiger charge is 2.36. The van der Waals surface area contributed by atoms with Crippen molar-refractivity contribution < 1.29 is 19.0 Å². The molecule has 0 bridgehead atoms. The number of aromatic nitrogens is 1. The second-order valence-electron chi connectivity index (χ2n) is 9.84. The van der Waals surface area contributed by atoms with Gasteiger partial charge in [0, 0.05) is 11.1 Å². The molecule has 1 atom stereocenters. The molecule has 0 fully saturated rings. The lowest BCUT2D eigenvalue weighted by Crippen LogP contribution is -2.40. The fourth-order valence-electron chi connectivity index (χ4n) is 5.64. The standard InChI is InChI=1S/C34H30N2O5S/c1-5-40-26-17-15-21-11-7-9-13-23(21)25(26)19-28-32(37)36-31(29(33(38)41-6-2)20(3)35-34(36)42-28)30-24-14-10-8-12-22(24)16-18-27(30)39-4/h7-19,31H,5-6H2,1-4H3/t31-/m0/s1. The van der Waals surface area contributed by atoms with Crippen molar-refractivity contribution in [1.82, 2.24) is 4.57 Å². The van der Waals surface area contributed by atoms with Crippen molar-refractivity contribution >= 4 is 44.9 Å². The summed E-state index contributed by atoms with van der Waals surface area (Å²) in [5.41, 5.74) is 2.08. The maximum absolute atomic E-state index is 14.4. The summed E-state index contributed by atoms with van der Waals surface area (Å²) >= 11 is 1.29. The molecule has 6 rings (SSSR count). The van der Waals surface area contributed by atoms with Crippen LogP contribution in [0.4, 0.5) is 0 Å². The number of thiazole rings is 1. The van der Waals surface area contributed by atoms with Crippen LogP contribution in [-0.4, -0.2) is 30.9 Å². The van der Waals surface area contributed by atoms with Gasteiger partial charge in [0.15, 0.2) is 4.80 Å². The summed E-state index contributed by atoms with van der Waals surface area (Å²) in [7, 11) is 1.59. The summed E-state index contributed by atoms with van der Waals surface area (Å²) in [6, 6.07) is 22.9. The highest BCUT2D eigenvalue weighted by Crippen LogP contribution is 2.40. The SMILES string of the molecule is CCOC(=O)C1=C(C)N=c2sc(=Cc3c(OCC)ccc4ccccc34)c(=O)n2[C@@H]1c1c(OC)ccc2ccccc12. The molecule has 0 unspecified atom stereocenters. The van der Waals surface area contributed by atoms with Crippen LogP contribution in [0.15, 0.2) is 93.9 Å². The van der Waals surface area contributed by atoms with E-state index < -0.39 is 12.0 Å². The Labute approximate surface area is 246 Å². The molecule has 7 nitrogen and oxygen atoms in total. The Morgan fingerprint density at radius 1 is 0.929 bits per heavy atom. The first-order valence-corrected chi connectivity index (χ1v) is 14.7. The monoisotopic (exact) mass is 578 g/mol. The lowest BCUT2D eigenvalue weighted by Gasteiger charge is -2.27. The van der Waals surface area contributed by atoms with Gasteiger partial charge < -0.3 is 14.2 Å². The predicted molar refractivity (Wildman–Crippen MR) is 166 cm³/mol. The van der Waals surface area contributed by atoms with Crippen molar-refractivity contribution in [3.8, 4) is 11.5 Å². The van der Waals surface area contributed by atoms with Crippen LogP contribution in [-0.2, 0) is 9.53 Å². The molecule has 0 radical (unpaired) electrons. The molecule has 0 N–H and O–H groups in total. The molecular weight excluding hydrogens is 548 g/mol. The number of allylic oxidation sites excluding steroid dienone is 1. The van der Waals surface area contributed by atoms with E-state index in [1.54, 1.807) is 25.5 Å². The highest BCUT2D eigenvalue weighted by molar-refractivity contribution is 7.07. The Kier molecular flexibility index (Phi) is 7.39. The van der Waals surface area contributed by atoms with Crippen LogP contribution >= 0.6 is 11.3 Å². The average molecular weight is 579 g/mol. The van der Waals surface area contributed by atoms with Crippen molar-refractivity contribution in [2.75, 3.05) is 20.3 Å². The summed E-state index contributed by atoms with van der Waals surface area (Å²) in [6.45, 7) is 6.16. The minimum atomic E-state index is -0.803.